The van der Waals surface area contributed by atoms with Crippen molar-refractivity contribution in [3.63, 3.8) is 0 Å². The number of hydrogen-bond acceptors (Lipinski definition) is 4. The molecule has 2 saturated carbocycles. The van der Waals surface area contributed by atoms with Gasteiger partial charge in [0.25, 0.3) is 5.91 Å². The number of rotatable bonds is 3. The predicted molar refractivity (Wildman–Crippen MR) is 93.3 cm³/mol. The zero-order valence-corrected chi connectivity index (χ0v) is 15.0. The highest BCUT2D eigenvalue weighted by molar-refractivity contribution is 5.94. The molecule has 0 spiro atoms. The summed E-state index contributed by atoms with van der Waals surface area (Å²) in [5, 5.41) is 4.31. The van der Waals surface area contributed by atoms with Crippen molar-refractivity contribution in [2.75, 3.05) is 13.1 Å². The summed E-state index contributed by atoms with van der Waals surface area (Å²) in [5.41, 5.74) is 1.65. The van der Waals surface area contributed by atoms with E-state index in [0.29, 0.717) is 29.5 Å². The standard InChI is InChI=1S/C19H26N4O2/c1-19(2)7-15(21-25-19)17-13-8-22(9-14(13)17)18(24)16-10-23(11-20-16)12-5-3-4-6-12/h10-14,17H,3-9H2,1-2H3/t13-,14+,17?. The van der Waals surface area contributed by atoms with E-state index >= 15 is 0 Å². The fraction of sp³-hybridized carbons (Fsp3) is 0.737. The summed E-state index contributed by atoms with van der Waals surface area (Å²) >= 11 is 0. The Kier molecular flexibility index (Phi) is 3.28. The Morgan fingerprint density at radius 2 is 1.96 bits per heavy atom. The van der Waals surface area contributed by atoms with E-state index < -0.39 is 0 Å². The van der Waals surface area contributed by atoms with Gasteiger partial charge in [-0.25, -0.2) is 4.98 Å². The Balaban J connectivity index is 1.21. The molecule has 3 atom stereocenters. The maximum atomic E-state index is 12.8. The minimum Gasteiger partial charge on any atom is -0.389 e. The lowest BCUT2D eigenvalue weighted by Gasteiger charge is -2.19. The Morgan fingerprint density at radius 3 is 2.60 bits per heavy atom. The smallest absolute Gasteiger partial charge is 0.274 e. The molecular weight excluding hydrogens is 316 g/mol. The normalized spacial score (nSPS) is 33.3. The van der Waals surface area contributed by atoms with E-state index in [1.165, 1.54) is 31.4 Å². The van der Waals surface area contributed by atoms with E-state index in [2.05, 4.69) is 28.6 Å². The summed E-state index contributed by atoms with van der Waals surface area (Å²) in [6, 6.07) is 0.536. The van der Waals surface area contributed by atoms with Crippen LogP contribution in [0.3, 0.4) is 0 Å². The SMILES string of the molecule is CC1(C)CC(C2[C@H]3CN(C(=O)c4cn(C5CCCC5)cn4)C[C@@H]23)=NO1. The van der Waals surface area contributed by atoms with E-state index in [1.807, 2.05) is 17.4 Å². The molecule has 25 heavy (non-hydrogen) atoms. The van der Waals surface area contributed by atoms with E-state index in [4.69, 9.17) is 4.84 Å². The highest BCUT2D eigenvalue weighted by Gasteiger charge is 2.60. The van der Waals surface area contributed by atoms with Crippen molar-refractivity contribution in [2.24, 2.45) is 22.9 Å². The molecule has 1 amide bonds. The van der Waals surface area contributed by atoms with E-state index in [9.17, 15) is 4.79 Å². The molecule has 2 aliphatic heterocycles. The number of carbonyl (C=O) groups excluding carboxylic acids is 1. The van der Waals surface area contributed by atoms with Crippen molar-refractivity contribution in [1.29, 1.82) is 0 Å². The van der Waals surface area contributed by atoms with Gasteiger partial charge in [0.15, 0.2) is 0 Å². The number of likely N-dealkylation sites (tertiary alicyclic amines) is 1. The van der Waals surface area contributed by atoms with Gasteiger partial charge in [-0.3, -0.25) is 4.79 Å². The number of aromatic nitrogens is 2. The van der Waals surface area contributed by atoms with Gasteiger partial charge in [-0.05, 0) is 38.5 Å². The molecule has 3 heterocycles. The Bertz CT molecular complexity index is 720. The van der Waals surface area contributed by atoms with Crippen molar-refractivity contribution in [2.45, 2.75) is 57.6 Å². The molecule has 1 saturated heterocycles. The molecule has 6 heteroatoms. The van der Waals surface area contributed by atoms with Gasteiger partial charge in [-0.1, -0.05) is 18.0 Å². The molecule has 0 N–H and O–H groups in total. The van der Waals surface area contributed by atoms with Gasteiger partial charge in [0.1, 0.15) is 11.3 Å². The van der Waals surface area contributed by atoms with E-state index in [-0.39, 0.29) is 11.5 Å². The number of hydrogen-bond donors (Lipinski definition) is 0. The number of oxime groups is 1. The number of imidazole rings is 1. The summed E-state index contributed by atoms with van der Waals surface area (Å²) in [7, 11) is 0. The fourth-order valence-corrected chi connectivity index (χ4v) is 5.06. The van der Waals surface area contributed by atoms with Crippen LogP contribution in [0.15, 0.2) is 17.7 Å². The second-order valence-electron chi connectivity index (χ2n) is 8.82. The van der Waals surface area contributed by atoms with Crippen LogP contribution in [-0.2, 0) is 4.84 Å². The molecule has 3 fully saturated rings. The first kappa shape index (κ1) is 15.4. The lowest BCUT2D eigenvalue weighted by atomic mass is 9.98. The van der Waals surface area contributed by atoms with Crippen LogP contribution in [0.4, 0.5) is 0 Å². The molecule has 0 radical (unpaired) electrons. The summed E-state index contributed by atoms with van der Waals surface area (Å²) in [5.74, 6) is 1.75. The van der Waals surface area contributed by atoms with Gasteiger partial charge in [0, 0.05) is 37.7 Å². The van der Waals surface area contributed by atoms with Gasteiger partial charge in [0.2, 0.25) is 0 Å². The minimum absolute atomic E-state index is 0.0904. The van der Waals surface area contributed by atoms with Crippen LogP contribution in [0.25, 0.3) is 0 Å². The fourth-order valence-electron chi connectivity index (χ4n) is 5.06. The molecule has 0 aromatic carbocycles. The van der Waals surface area contributed by atoms with Crippen molar-refractivity contribution < 1.29 is 9.63 Å². The summed E-state index contributed by atoms with van der Waals surface area (Å²) < 4.78 is 2.15. The zero-order valence-electron chi connectivity index (χ0n) is 15.0. The van der Waals surface area contributed by atoms with Gasteiger partial charge < -0.3 is 14.3 Å². The van der Waals surface area contributed by atoms with E-state index in [0.717, 1.165) is 19.5 Å². The number of piperidine rings is 1. The maximum absolute atomic E-state index is 12.8. The summed E-state index contributed by atoms with van der Waals surface area (Å²) in [6.45, 7) is 5.84. The number of amides is 1. The third kappa shape index (κ3) is 2.57. The Morgan fingerprint density at radius 1 is 1.24 bits per heavy atom. The number of nitrogens with zero attached hydrogens (tertiary/aromatic N) is 4. The van der Waals surface area contributed by atoms with Crippen LogP contribution in [0.1, 0.15) is 62.5 Å². The zero-order chi connectivity index (χ0) is 17.2. The molecule has 1 aromatic heterocycles. The van der Waals surface area contributed by atoms with Gasteiger partial charge in [-0.2, -0.15) is 0 Å². The first-order valence-electron chi connectivity index (χ1n) is 9.59. The van der Waals surface area contributed by atoms with Crippen molar-refractivity contribution in [3.05, 3.63) is 18.2 Å². The second kappa shape index (κ2) is 5.32. The summed E-state index contributed by atoms with van der Waals surface area (Å²) in [4.78, 5) is 24.6. The third-order valence-corrected chi connectivity index (χ3v) is 6.45. The molecular formula is C19H26N4O2. The minimum atomic E-state index is -0.158. The van der Waals surface area contributed by atoms with Crippen molar-refractivity contribution >= 4 is 11.6 Å². The average molecular weight is 342 g/mol. The first-order valence-corrected chi connectivity index (χ1v) is 9.59. The van der Waals surface area contributed by atoms with Gasteiger partial charge >= 0.3 is 0 Å². The number of carbonyl (C=O) groups is 1. The van der Waals surface area contributed by atoms with Crippen molar-refractivity contribution in [1.82, 2.24) is 14.5 Å². The van der Waals surface area contributed by atoms with Crippen LogP contribution >= 0.6 is 0 Å². The highest BCUT2D eigenvalue weighted by atomic mass is 16.7. The Labute approximate surface area is 148 Å². The predicted octanol–water partition coefficient (Wildman–Crippen LogP) is 2.87. The lowest BCUT2D eigenvalue weighted by molar-refractivity contribution is 0.0123. The maximum Gasteiger partial charge on any atom is 0.274 e. The molecule has 0 bridgehead atoms. The molecule has 2 aliphatic carbocycles. The molecule has 1 unspecified atom stereocenters. The third-order valence-electron chi connectivity index (χ3n) is 6.45. The second-order valence-corrected chi connectivity index (χ2v) is 8.82. The van der Waals surface area contributed by atoms with Gasteiger partial charge in [-0.15, -0.1) is 0 Å². The molecule has 6 nitrogen and oxygen atoms in total. The van der Waals surface area contributed by atoms with Crippen LogP contribution in [-0.4, -0.2) is 44.8 Å². The van der Waals surface area contributed by atoms with E-state index in [1.54, 1.807) is 0 Å². The van der Waals surface area contributed by atoms with Crippen molar-refractivity contribution in [3.8, 4) is 0 Å². The Hall–Kier alpha value is -1.85. The highest BCUT2D eigenvalue weighted by Crippen LogP contribution is 2.54. The van der Waals surface area contributed by atoms with Crippen LogP contribution in [0, 0.1) is 17.8 Å². The lowest BCUT2D eigenvalue weighted by Crippen LogP contribution is -2.33. The largest absolute Gasteiger partial charge is 0.389 e. The molecule has 134 valence electrons. The molecule has 1 aromatic rings. The van der Waals surface area contributed by atoms with Crippen LogP contribution in [0.2, 0.25) is 0 Å². The summed E-state index contributed by atoms with van der Waals surface area (Å²) in [6.07, 6.45) is 9.71. The molecule has 4 aliphatic rings. The quantitative estimate of drug-likeness (QED) is 0.849. The first-order chi connectivity index (χ1) is 12.0. The van der Waals surface area contributed by atoms with Crippen LogP contribution < -0.4 is 0 Å². The number of fused-ring (bicyclic) bond motifs is 1. The average Bonchev–Trinajstić information content (AvgIpc) is 3.18. The van der Waals surface area contributed by atoms with Gasteiger partial charge in [0.05, 0.1) is 12.0 Å². The monoisotopic (exact) mass is 342 g/mol. The molecule has 5 rings (SSSR count). The van der Waals surface area contributed by atoms with Crippen LogP contribution in [0.5, 0.6) is 0 Å². The topological polar surface area (TPSA) is 59.7 Å².